The molecule has 27 heteroatoms. The van der Waals surface area contributed by atoms with Gasteiger partial charge in [-0.25, -0.2) is 72.5 Å². The van der Waals surface area contributed by atoms with E-state index in [4.69, 9.17) is 24.4 Å². The summed E-state index contributed by atoms with van der Waals surface area (Å²) < 4.78 is 38.2. The van der Waals surface area contributed by atoms with Crippen molar-refractivity contribution in [1.29, 1.82) is 0 Å². The summed E-state index contributed by atoms with van der Waals surface area (Å²) in [6, 6.07) is 25.3. The highest BCUT2D eigenvalue weighted by molar-refractivity contribution is 7.88. The zero-order valence-corrected chi connectivity index (χ0v) is 58.8. The smallest absolute Gasteiger partial charge is 0.222 e. The fourth-order valence-corrected chi connectivity index (χ4v) is 14.3. The van der Waals surface area contributed by atoms with Gasteiger partial charge in [-0.1, -0.05) is 67.8 Å². The Hall–Kier alpha value is -10.7. The average molecular weight is 1370 g/mol. The maximum Gasteiger partial charge on any atom is 0.222 e. The number of allylic oxidation sites excluding steroid dienone is 2. The van der Waals surface area contributed by atoms with E-state index in [-0.39, 0.29) is 30.3 Å². The molecule has 3 aromatic carbocycles. The van der Waals surface area contributed by atoms with Gasteiger partial charge in [0.05, 0.1) is 60.4 Å². The minimum absolute atomic E-state index is 0.0536. The maximum atomic E-state index is 11.9. The van der Waals surface area contributed by atoms with E-state index < -0.39 is 10.0 Å². The summed E-state index contributed by atoms with van der Waals surface area (Å²) in [5, 5.41) is 20.7. The number of anilines is 4. The number of likely N-dealkylation sites (tertiary alicyclic amines) is 2. The van der Waals surface area contributed by atoms with Crippen LogP contribution in [0.5, 0.6) is 11.8 Å². The van der Waals surface area contributed by atoms with E-state index in [2.05, 4.69) is 206 Å². The van der Waals surface area contributed by atoms with E-state index in [1.54, 1.807) is 19.0 Å². The number of hydrogen-bond acceptors (Lipinski definition) is 22. The number of fused-ring (bicyclic) bond motifs is 6. The average Bonchev–Trinajstić information content (AvgIpc) is 0.994. The molecule has 0 radical (unpaired) electrons. The number of pyridine rings is 3. The molecule has 3 fully saturated rings. The second-order valence-corrected chi connectivity index (χ2v) is 28.3. The lowest BCUT2D eigenvalue weighted by atomic mass is 10.0. The van der Waals surface area contributed by atoms with Crippen molar-refractivity contribution >= 4 is 99.1 Å². The van der Waals surface area contributed by atoms with E-state index in [1.807, 2.05) is 26.0 Å². The highest BCUT2D eigenvalue weighted by Gasteiger charge is 2.29. The first kappa shape index (κ1) is 67.9. The van der Waals surface area contributed by atoms with Crippen LogP contribution in [0.15, 0.2) is 135 Å². The first-order chi connectivity index (χ1) is 48.3. The highest BCUT2D eigenvalue weighted by Crippen LogP contribution is 2.37. The molecule has 518 valence electrons. The zero-order chi connectivity index (χ0) is 69.8. The first-order valence-electron chi connectivity index (χ1n) is 34.1. The lowest BCUT2D eigenvalue weighted by Gasteiger charge is -2.34. The van der Waals surface area contributed by atoms with Crippen molar-refractivity contribution in [2.24, 2.45) is 0 Å². The maximum absolute atomic E-state index is 11.9. The van der Waals surface area contributed by atoms with Gasteiger partial charge in [-0.3, -0.25) is 0 Å². The number of sulfonamides is 1. The SMILES string of the molecule is C=C(C)N1CCC(Nc2nc(C(C)Nc3ncnc4nc[nH]c34)cc3cccc(C)c23)CC1.C=C(C)N1CCC(Oc2nc(C(C)Nc3ncnc4nc[nH]c34)cc3cccc(C)c23)CC1.Cc1cccc2cc(C(C)Nc3ncnc4nc[nH]c34)nc(OC3CCN(S(C)(=O)=O)CC3)c12. The number of piperidine rings is 3. The van der Waals surface area contributed by atoms with Crippen LogP contribution in [0.25, 0.3) is 65.8 Å². The van der Waals surface area contributed by atoms with Crippen LogP contribution in [0.1, 0.15) is 125 Å². The van der Waals surface area contributed by atoms with Gasteiger partial charge >= 0.3 is 0 Å². The number of ether oxygens (including phenoxy) is 2. The third kappa shape index (κ3) is 15.1. The van der Waals surface area contributed by atoms with Crippen LogP contribution in [0.3, 0.4) is 0 Å². The van der Waals surface area contributed by atoms with E-state index in [9.17, 15) is 8.42 Å². The van der Waals surface area contributed by atoms with Gasteiger partial charge in [0.15, 0.2) is 34.4 Å². The van der Waals surface area contributed by atoms with Crippen molar-refractivity contribution in [3.8, 4) is 11.8 Å². The third-order valence-corrected chi connectivity index (χ3v) is 20.3. The summed E-state index contributed by atoms with van der Waals surface area (Å²) in [5.41, 5.74) is 12.6. The standard InChI is InChI=1S/C25H30N8.C25H29N7O.C23H27N7O3S/c1-15(2)33-10-8-19(9-11-33)31-23-21-16(3)6-5-7-18(21)12-20(32-23)17(4)30-25-22-24(27-13-26-22)28-14-29-25;1-15(2)32-10-8-19(9-11-32)33-25-21-16(3)6-5-7-18(21)12-20(31-25)17(4)30-24-22-23(27-13-26-22)28-14-29-24;1-14-5-4-6-16-11-18(15(2)28-22-20-21(25-12-24-20)26-13-27-22)29-23(19(14)16)33-17-7-9-30(10-8-17)34(3,31)32/h5-7,12-14,17,19H,1,8-11H2,2-4H3,(H,31,32)(H2,26,27,28,29,30);5-7,12-14,17,19H,1,8-11H2,2-4H3,(H2,26,27,28,29,30);4-6,11-13,15,17H,7-10H2,1-3H3,(H2,24,25,26,27,28). The van der Waals surface area contributed by atoms with Crippen LogP contribution in [0.2, 0.25) is 0 Å². The minimum atomic E-state index is -3.19. The normalized spacial score (nSPS) is 16.0. The van der Waals surface area contributed by atoms with E-state index >= 15 is 0 Å². The summed E-state index contributed by atoms with van der Waals surface area (Å²) in [7, 11) is -3.19. The lowest BCUT2D eigenvalue weighted by molar-refractivity contribution is 0.114. The summed E-state index contributed by atoms with van der Waals surface area (Å²) in [5.74, 6) is 4.31. The molecule has 0 amide bonds. The lowest BCUT2D eigenvalue weighted by Crippen LogP contribution is -2.41. The molecule has 7 N–H and O–H groups in total. The van der Waals surface area contributed by atoms with Gasteiger partial charge in [-0.05, 0) is 132 Å². The Balaban J connectivity index is 0.000000134. The van der Waals surface area contributed by atoms with Gasteiger partial charge in [-0.2, -0.15) is 0 Å². The van der Waals surface area contributed by atoms with Crippen LogP contribution < -0.4 is 30.7 Å². The number of hydrogen-bond donors (Lipinski definition) is 7. The number of benzene rings is 3. The van der Waals surface area contributed by atoms with Crippen LogP contribution >= 0.6 is 0 Å². The Bertz CT molecular complexity index is 4850. The number of nitrogens with zero attached hydrogens (tertiary/aromatic N) is 15. The molecule has 3 aliphatic heterocycles. The first-order valence-corrected chi connectivity index (χ1v) is 35.9. The number of aromatic nitrogens is 15. The Labute approximate surface area is 580 Å². The number of aryl methyl sites for hydroxylation is 3. The molecule has 3 unspecified atom stereocenters. The number of nitrogens with one attached hydrogen (secondary N) is 7. The molecular weight excluding hydrogens is 1280 g/mol. The topological polar surface area (TPSA) is 312 Å². The quantitative estimate of drug-likeness (QED) is 0.0420. The van der Waals surface area contributed by atoms with Gasteiger partial charge in [-0.15, -0.1) is 0 Å². The van der Waals surface area contributed by atoms with Gasteiger partial charge in [0.2, 0.25) is 21.8 Å². The van der Waals surface area contributed by atoms with Crippen molar-refractivity contribution in [1.82, 2.24) is 88.9 Å². The van der Waals surface area contributed by atoms with E-state index in [1.165, 1.54) is 45.9 Å². The molecule has 9 aromatic heterocycles. The van der Waals surface area contributed by atoms with Crippen molar-refractivity contribution in [2.75, 3.05) is 66.8 Å². The molecule has 0 saturated carbocycles. The summed E-state index contributed by atoms with van der Waals surface area (Å²) in [6.45, 7) is 29.7. The van der Waals surface area contributed by atoms with Gasteiger partial charge in [0.25, 0.3) is 0 Å². The molecule has 15 rings (SSSR count). The monoisotopic (exact) mass is 1370 g/mol. The fourth-order valence-electron chi connectivity index (χ4n) is 13.4. The third-order valence-electron chi connectivity index (χ3n) is 19.0. The second-order valence-electron chi connectivity index (χ2n) is 26.3. The second kappa shape index (κ2) is 29.4. The van der Waals surface area contributed by atoms with E-state index in [0.717, 1.165) is 141 Å². The Morgan fingerprint density at radius 1 is 0.490 bits per heavy atom. The van der Waals surface area contributed by atoms with Gasteiger partial charge < -0.3 is 55.5 Å². The largest absolute Gasteiger partial charge is 0.474 e. The summed E-state index contributed by atoms with van der Waals surface area (Å²) in [4.78, 5) is 67.3. The Kier molecular flexibility index (Phi) is 20.0. The highest BCUT2D eigenvalue weighted by atomic mass is 32.2. The van der Waals surface area contributed by atoms with E-state index in [0.29, 0.717) is 72.3 Å². The van der Waals surface area contributed by atoms with Crippen LogP contribution in [-0.4, -0.2) is 161 Å². The number of rotatable bonds is 18. The molecule has 100 heavy (non-hydrogen) atoms. The molecule has 0 bridgehead atoms. The summed E-state index contributed by atoms with van der Waals surface area (Å²) >= 11 is 0. The molecular formula is C73H86N22O4S. The van der Waals surface area contributed by atoms with Crippen molar-refractivity contribution in [2.45, 2.75) is 130 Å². The zero-order valence-electron chi connectivity index (χ0n) is 58.0. The predicted molar refractivity (Wildman–Crippen MR) is 394 cm³/mol. The molecule has 26 nitrogen and oxygen atoms in total. The van der Waals surface area contributed by atoms with Crippen molar-refractivity contribution in [3.63, 3.8) is 0 Å². The molecule has 3 saturated heterocycles. The Morgan fingerprint density at radius 3 is 1.24 bits per heavy atom. The molecule has 12 heterocycles. The van der Waals surface area contributed by atoms with Crippen LogP contribution in [0.4, 0.5) is 23.3 Å². The predicted octanol–water partition coefficient (Wildman–Crippen LogP) is 12.7. The Morgan fingerprint density at radius 2 is 0.850 bits per heavy atom. The number of H-pyrrole nitrogens is 3. The molecule has 3 atom stereocenters. The van der Waals surface area contributed by atoms with Crippen LogP contribution in [0, 0.1) is 20.8 Å². The number of imidazole rings is 3. The minimum Gasteiger partial charge on any atom is -0.474 e. The summed E-state index contributed by atoms with van der Waals surface area (Å²) in [6.07, 6.45) is 16.0. The van der Waals surface area contributed by atoms with Gasteiger partial charge in [0, 0.05) is 85.7 Å². The number of aromatic amines is 3. The van der Waals surface area contributed by atoms with Crippen LogP contribution in [-0.2, 0) is 10.0 Å². The van der Waals surface area contributed by atoms with Crippen molar-refractivity contribution in [3.05, 3.63) is 169 Å². The fraction of sp³-hybridized carbons (Fsp3) is 0.370. The molecule has 12 aromatic rings. The molecule has 0 aliphatic carbocycles. The molecule has 0 spiro atoms. The van der Waals surface area contributed by atoms with Gasteiger partial charge in [0.1, 0.15) is 53.6 Å². The van der Waals surface area contributed by atoms with Crippen molar-refractivity contribution < 1.29 is 17.9 Å². The molecule has 3 aliphatic rings.